The molecular formula is C21H15F3N4O2. The highest BCUT2D eigenvalue weighted by atomic mass is 19.4. The van der Waals surface area contributed by atoms with Gasteiger partial charge in [0.05, 0.1) is 22.2 Å². The summed E-state index contributed by atoms with van der Waals surface area (Å²) in [6.45, 7) is 0. The van der Waals surface area contributed by atoms with E-state index in [0.717, 1.165) is 6.07 Å². The number of hydrogen-bond acceptors (Lipinski definition) is 3. The monoisotopic (exact) mass is 412 g/mol. The van der Waals surface area contributed by atoms with E-state index in [-0.39, 0.29) is 23.4 Å². The van der Waals surface area contributed by atoms with E-state index < -0.39 is 29.1 Å². The van der Waals surface area contributed by atoms with Gasteiger partial charge in [-0.25, -0.2) is 4.98 Å². The standard InChI is InChI=1S/C21H15F3N4O2/c1-27-19(30)17-12(11-6-2-3-7-13(11)21(22,23)24)10-16(29)26-18(17)28-15-9-5-4-8-14(15)25-20(27)28/h2-9,12H,10H2,1H3,(H,26,29)/t12-/m0/s1. The number of rotatable bonds is 1. The molecule has 0 aliphatic carbocycles. The van der Waals surface area contributed by atoms with Crippen molar-refractivity contribution in [3.05, 3.63) is 75.6 Å². The molecule has 1 N–H and O–H groups in total. The molecule has 0 fully saturated rings. The summed E-state index contributed by atoms with van der Waals surface area (Å²) in [5, 5.41) is 2.70. The third kappa shape index (κ3) is 2.54. The molecule has 2 aromatic heterocycles. The van der Waals surface area contributed by atoms with E-state index in [0.29, 0.717) is 16.8 Å². The Morgan fingerprint density at radius 3 is 2.53 bits per heavy atom. The second-order valence-corrected chi connectivity index (χ2v) is 7.25. The molecule has 1 aliphatic rings. The molecule has 152 valence electrons. The summed E-state index contributed by atoms with van der Waals surface area (Å²) in [5.41, 5.74) is -0.0770. The molecule has 1 amide bonds. The van der Waals surface area contributed by atoms with Crippen molar-refractivity contribution in [3.63, 3.8) is 0 Å². The number of nitrogens with one attached hydrogen (secondary N) is 1. The van der Waals surface area contributed by atoms with Gasteiger partial charge in [-0.05, 0) is 23.8 Å². The van der Waals surface area contributed by atoms with Crippen LogP contribution in [0.2, 0.25) is 0 Å². The number of aryl methyl sites for hydroxylation is 1. The molecule has 5 rings (SSSR count). The van der Waals surface area contributed by atoms with Crippen LogP contribution in [0.25, 0.3) is 16.8 Å². The lowest BCUT2D eigenvalue weighted by Gasteiger charge is -2.28. The zero-order valence-electron chi connectivity index (χ0n) is 15.7. The van der Waals surface area contributed by atoms with Crippen LogP contribution in [0.3, 0.4) is 0 Å². The zero-order chi connectivity index (χ0) is 21.2. The molecule has 6 nitrogen and oxygen atoms in total. The zero-order valence-corrected chi connectivity index (χ0v) is 15.7. The van der Waals surface area contributed by atoms with E-state index in [1.54, 1.807) is 28.7 Å². The molecule has 1 atom stereocenters. The van der Waals surface area contributed by atoms with Gasteiger partial charge in [0.1, 0.15) is 5.82 Å². The minimum Gasteiger partial charge on any atom is -0.311 e. The summed E-state index contributed by atoms with van der Waals surface area (Å²) >= 11 is 0. The Morgan fingerprint density at radius 2 is 1.77 bits per heavy atom. The van der Waals surface area contributed by atoms with Crippen LogP contribution in [0.5, 0.6) is 0 Å². The Kier molecular flexibility index (Phi) is 3.80. The van der Waals surface area contributed by atoms with Crippen molar-refractivity contribution >= 4 is 28.5 Å². The number of anilines is 1. The molecule has 1 aliphatic heterocycles. The van der Waals surface area contributed by atoms with Crippen LogP contribution in [0.1, 0.15) is 29.0 Å². The molecule has 0 spiro atoms. The fourth-order valence-electron chi connectivity index (χ4n) is 4.18. The van der Waals surface area contributed by atoms with E-state index in [1.807, 2.05) is 0 Å². The van der Waals surface area contributed by atoms with Gasteiger partial charge in [-0.3, -0.25) is 18.6 Å². The first kappa shape index (κ1) is 18.4. The number of halogens is 3. The highest BCUT2D eigenvalue weighted by Crippen LogP contribution is 2.42. The molecule has 0 unspecified atom stereocenters. The minimum atomic E-state index is -4.61. The molecule has 0 saturated heterocycles. The normalized spacial score (nSPS) is 16.7. The molecule has 4 aromatic rings. The van der Waals surface area contributed by atoms with Gasteiger partial charge in [0.15, 0.2) is 0 Å². The summed E-state index contributed by atoms with van der Waals surface area (Å²) in [7, 11) is 1.52. The molecule has 30 heavy (non-hydrogen) atoms. The Hall–Kier alpha value is -3.62. The third-order valence-electron chi connectivity index (χ3n) is 5.49. The number of para-hydroxylation sites is 2. The predicted molar refractivity (Wildman–Crippen MR) is 104 cm³/mol. The molecule has 0 bridgehead atoms. The summed E-state index contributed by atoms with van der Waals surface area (Å²) in [5.74, 6) is -1.03. The number of nitrogens with zero attached hydrogens (tertiary/aromatic N) is 3. The maximum absolute atomic E-state index is 13.7. The lowest BCUT2D eigenvalue weighted by atomic mass is 9.84. The van der Waals surface area contributed by atoms with Crippen molar-refractivity contribution < 1.29 is 18.0 Å². The molecular weight excluding hydrogens is 397 g/mol. The van der Waals surface area contributed by atoms with Crippen LogP contribution < -0.4 is 10.9 Å². The summed E-state index contributed by atoms with van der Waals surface area (Å²) < 4.78 is 43.9. The van der Waals surface area contributed by atoms with E-state index in [9.17, 15) is 22.8 Å². The summed E-state index contributed by atoms with van der Waals surface area (Å²) in [6.07, 6.45) is -4.87. The smallest absolute Gasteiger partial charge is 0.311 e. The van der Waals surface area contributed by atoms with Crippen molar-refractivity contribution in [1.29, 1.82) is 0 Å². The van der Waals surface area contributed by atoms with Crippen LogP contribution in [-0.4, -0.2) is 19.9 Å². The maximum atomic E-state index is 13.7. The van der Waals surface area contributed by atoms with Crippen LogP contribution in [0.15, 0.2) is 53.3 Å². The summed E-state index contributed by atoms with van der Waals surface area (Å²) in [6, 6.07) is 12.2. The van der Waals surface area contributed by atoms with Gasteiger partial charge >= 0.3 is 6.18 Å². The fourth-order valence-corrected chi connectivity index (χ4v) is 4.18. The second kappa shape index (κ2) is 6.19. The number of fused-ring (bicyclic) bond motifs is 5. The van der Waals surface area contributed by atoms with Crippen molar-refractivity contribution in [2.24, 2.45) is 7.05 Å². The van der Waals surface area contributed by atoms with Crippen molar-refractivity contribution in [2.75, 3.05) is 5.32 Å². The molecule has 0 saturated carbocycles. The number of imidazole rings is 1. The van der Waals surface area contributed by atoms with Crippen molar-refractivity contribution in [3.8, 4) is 0 Å². The average Bonchev–Trinajstić information content (AvgIpc) is 3.10. The number of alkyl halides is 3. The van der Waals surface area contributed by atoms with Gasteiger partial charge < -0.3 is 5.32 Å². The topological polar surface area (TPSA) is 68.4 Å². The van der Waals surface area contributed by atoms with E-state index >= 15 is 0 Å². The number of carbonyl (C=O) groups excluding carboxylic acids is 1. The molecule has 3 heterocycles. The first-order valence-corrected chi connectivity index (χ1v) is 9.23. The van der Waals surface area contributed by atoms with Crippen molar-refractivity contribution in [2.45, 2.75) is 18.5 Å². The van der Waals surface area contributed by atoms with E-state index in [2.05, 4.69) is 10.3 Å². The van der Waals surface area contributed by atoms with Crippen LogP contribution in [0.4, 0.5) is 19.0 Å². The Morgan fingerprint density at radius 1 is 1.07 bits per heavy atom. The number of aromatic nitrogens is 3. The molecule has 2 aromatic carbocycles. The van der Waals surface area contributed by atoms with Gasteiger partial charge in [0.2, 0.25) is 11.7 Å². The minimum absolute atomic E-state index is 0.0954. The highest BCUT2D eigenvalue weighted by molar-refractivity contribution is 5.96. The first-order chi connectivity index (χ1) is 14.3. The van der Waals surface area contributed by atoms with Gasteiger partial charge in [0, 0.05) is 19.4 Å². The lowest BCUT2D eigenvalue weighted by Crippen LogP contribution is -2.35. The van der Waals surface area contributed by atoms with E-state index in [4.69, 9.17) is 0 Å². The van der Waals surface area contributed by atoms with Gasteiger partial charge in [-0.1, -0.05) is 30.3 Å². The largest absolute Gasteiger partial charge is 0.416 e. The molecule has 9 heteroatoms. The van der Waals surface area contributed by atoms with Crippen LogP contribution in [-0.2, 0) is 18.0 Å². The quantitative estimate of drug-likeness (QED) is 0.519. The number of amides is 1. The average molecular weight is 412 g/mol. The highest BCUT2D eigenvalue weighted by Gasteiger charge is 2.39. The fraction of sp³-hybridized carbons (Fsp3) is 0.190. The lowest BCUT2D eigenvalue weighted by molar-refractivity contribution is -0.138. The number of carbonyl (C=O) groups is 1. The Labute approximate surface area is 167 Å². The second-order valence-electron chi connectivity index (χ2n) is 7.25. The predicted octanol–water partition coefficient (Wildman–Crippen LogP) is 3.68. The van der Waals surface area contributed by atoms with Crippen LogP contribution >= 0.6 is 0 Å². The summed E-state index contributed by atoms with van der Waals surface area (Å²) in [4.78, 5) is 30.2. The van der Waals surface area contributed by atoms with Gasteiger partial charge in [0.25, 0.3) is 5.56 Å². The first-order valence-electron chi connectivity index (χ1n) is 9.23. The molecule has 0 radical (unpaired) electrons. The van der Waals surface area contributed by atoms with E-state index in [1.165, 1.54) is 29.8 Å². The van der Waals surface area contributed by atoms with Gasteiger partial charge in [-0.2, -0.15) is 13.2 Å². The SMILES string of the molecule is Cn1c(=O)c2c(n3c4ccccc4nc13)NC(=O)C[C@H]2c1ccccc1C(F)(F)F. The van der Waals surface area contributed by atoms with Crippen LogP contribution in [0, 0.1) is 0 Å². The number of benzene rings is 2. The Bertz CT molecular complexity index is 1400. The number of hydrogen-bond donors (Lipinski definition) is 1. The third-order valence-corrected chi connectivity index (χ3v) is 5.49. The van der Waals surface area contributed by atoms with Crippen molar-refractivity contribution in [1.82, 2.24) is 14.0 Å². The maximum Gasteiger partial charge on any atom is 0.416 e. The van der Waals surface area contributed by atoms with Gasteiger partial charge in [-0.15, -0.1) is 0 Å². The Balaban J connectivity index is 1.90.